The van der Waals surface area contributed by atoms with Gasteiger partial charge < -0.3 is 14.5 Å². The highest BCUT2D eigenvalue weighted by Crippen LogP contribution is 2.33. The second-order valence-electron chi connectivity index (χ2n) is 14.1. The molecule has 0 aliphatic carbocycles. The van der Waals surface area contributed by atoms with Gasteiger partial charge in [-0.1, -0.05) is 47.3 Å². The van der Waals surface area contributed by atoms with Gasteiger partial charge in [-0.25, -0.2) is 28.1 Å². The first kappa shape index (κ1) is 32.3. The molecule has 2 aliphatic heterocycles. The summed E-state index contributed by atoms with van der Waals surface area (Å²) in [4.78, 5) is 36.4. The van der Waals surface area contributed by atoms with Crippen LogP contribution in [0.15, 0.2) is 48.1 Å². The molecule has 0 radical (unpaired) electrons. The Balaban J connectivity index is 1.58. The second-order valence-corrected chi connectivity index (χ2v) is 15.8. The lowest BCUT2D eigenvalue weighted by Gasteiger charge is -2.35. The first-order valence-corrected chi connectivity index (χ1v) is 16.7. The Bertz CT molecular complexity index is 1720. The zero-order chi connectivity index (χ0) is 32.7. The average molecular weight is 634 g/mol. The lowest BCUT2D eigenvalue weighted by atomic mass is 9.87. The third-order valence-corrected chi connectivity index (χ3v) is 9.46. The van der Waals surface area contributed by atoms with Gasteiger partial charge in [-0.3, -0.25) is 4.79 Å². The molecule has 240 valence electrons. The number of allylic oxidation sites excluding steroid dienone is 1. The van der Waals surface area contributed by atoms with E-state index in [1.165, 1.54) is 12.1 Å². The van der Waals surface area contributed by atoms with Crippen LogP contribution in [-0.2, 0) is 16.6 Å². The van der Waals surface area contributed by atoms with Gasteiger partial charge in [0.25, 0.3) is 15.9 Å². The van der Waals surface area contributed by atoms with Crippen molar-refractivity contribution in [1.82, 2.24) is 24.8 Å². The fourth-order valence-corrected chi connectivity index (χ4v) is 6.81. The lowest BCUT2D eigenvalue weighted by Crippen LogP contribution is -2.45. The zero-order valence-electron chi connectivity index (χ0n) is 27.2. The number of sulfonamides is 1. The summed E-state index contributed by atoms with van der Waals surface area (Å²) in [6, 6.07) is 5.54. The molecule has 1 N–H and O–H groups in total. The molecule has 12 heteroatoms. The van der Waals surface area contributed by atoms with Crippen LogP contribution in [0.4, 0.5) is 11.6 Å². The number of nitrogens with zero attached hydrogens (tertiary/aromatic N) is 6. The van der Waals surface area contributed by atoms with Crippen LogP contribution < -0.4 is 14.4 Å². The minimum absolute atomic E-state index is 0.0856. The smallest absolute Gasteiger partial charge is 0.264 e. The first-order valence-electron chi connectivity index (χ1n) is 15.2. The Morgan fingerprint density at radius 3 is 2.51 bits per heavy atom. The molecule has 5 rings (SSSR count). The number of carbonyl (C=O) groups excluding carboxylic acids is 1. The summed E-state index contributed by atoms with van der Waals surface area (Å²) >= 11 is 0. The highest BCUT2D eigenvalue weighted by atomic mass is 32.2. The largest absolute Gasteiger partial charge is 0.475 e. The van der Waals surface area contributed by atoms with E-state index in [2.05, 4.69) is 70.8 Å². The van der Waals surface area contributed by atoms with Crippen molar-refractivity contribution in [2.45, 2.75) is 78.8 Å². The number of fused-ring (bicyclic) bond motifs is 4. The molecule has 1 fully saturated rings. The van der Waals surface area contributed by atoms with Crippen LogP contribution in [0.2, 0.25) is 0 Å². The Kier molecular flexibility index (Phi) is 8.65. The van der Waals surface area contributed by atoms with Crippen molar-refractivity contribution in [1.29, 1.82) is 0 Å². The van der Waals surface area contributed by atoms with Crippen molar-refractivity contribution in [2.24, 2.45) is 10.8 Å². The van der Waals surface area contributed by atoms with Gasteiger partial charge in [0.05, 0.1) is 41.3 Å². The predicted octanol–water partition coefficient (Wildman–Crippen LogP) is 5.48. The number of hydrogen-bond acceptors (Lipinski definition) is 9. The zero-order valence-corrected chi connectivity index (χ0v) is 28.0. The van der Waals surface area contributed by atoms with Gasteiger partial charge in [-0.2, -0.15) is 4.98 Å². The number of hydrogen-bond donors (Lipinski definition) is 1. The van der Waals surface area contributed by atoms with Gasteiger partial charge in [0.1, 0.15) is 12.4 Å². The van der Waals surface area contributed by atoms with Gasteiger partial charge in [0.2, 0.25) is 11.8 Å². The molecule has 1 amide bonds. The summed E-state index contributed by atoms with van der Waals surface area (Å²) in [6.45, 7) is 20.5. The van der Waals surface area contributed by atoms with Crippen molar-refractivity contribution in [2.75, 3.05) is 29.3 Å². The maximum absolute atomic E-state index is 14.3. The Labute approximate surface area is 266 Å². The van der Waals surface area contributed by atoms with Crippen molar-refractivity contribution < 1.29 is 17.9 Å². The number of nitrogens with one attached hydrogen (secondary N) is 1. The molecule has 2 aliphatic rings. The number of carbonyl (C=O) groups is 1. The van der Waals surface area contributed by atoms with Crippen molar-refractivity contribution >= 4 is 33.1 Å². The van der Waals surface area contributed by atoms with E-state index in [-0.39, 0.29) is 52.2 Å². The Hall–Kier alpha value is -4.06. The van der Waals surface area contributed by atoms with Crippen LogP contribution >= 0.6 is 0 Å². The van der Waals surface area contributed by atoms with Crippen LogP contribution in [0, 0.1) is 17.8 Å². The summed E-state index contributed by atoms with van der Waals surface area (Å²) in [5.74, 6) is 0.204. The third-order valence-electron chi connectivity index (χ3n) is 8.13. The Morgan fingerprint density at radius 1 is 1.18 bits per heavy atom. The fraction of sp³-hybridized carbons (Fsp3) is 0.485. The molecule has 4 bridgehead atoms. The van der Waals surface area contributed by atoms with Crippen LogP contribution in [0.5, 0.6) is 5.88 Å². The third kappa shape index (κ3) is 7.43. The molecule has 0 spiro atoms. The van der Waals surface area contributed by atoms with E-state index in [9.17, 15) is 13.2 Å². The number of benzene rings is 1. The molecule has 1 atom stereocenters. The first-order chi connectivity index (χ1) is 21.0. The summed E-state index contributed by atoms with van der Waals surface area (Å²) in [5.41, 5.74) is 2.95. The molecule has 0 unspecified atom stereocenters. The molecule has 0 saturated carbocycles. The number of aromatic nitrogens is 4. The second kappa shape index (κ2) is 12.0. The lowest BCUT2D eigenvalue weighted by molar-refractivity contribution is 0.0504. The van der Waals surface area contributed by atoms with Gasteiger partial charge in [0.15, 0.2) is 0 Å². The van der Waals surface area contributed by atoms with E-state index >= 15 is 0 Å². The maximum atomic E-state index is 14.3. The van der Waals surface area contributed by atoms with Crippen LogP contribution in [0.1, 0.15) is 81.8 Å². The van der Waals surface area contributed by atoms with E-state index in [0.29, 0.717) is 29.1 Å². The van der Waals surface area contributed by atoms with E-state index in [0.717, 1.165) is 25.2 Å². The molecule has 11 nitrogen and oxygen atoms in total. The standard InChI is InChI=1S/C33H43N7O4S/c1-21(2)28-22(3)29-37-31(36-28)38-45(42,43)26-11-9-10-23(14-26)30(41)40(24(19-44-29)15-32(4,5)6)18-27-34-16-25(17-35-27)39-13-12-33(7,8)20-39/h9-11,14,16-17,24H,1,12-13,15,18-20H2,2-8H3,(H,36,37,38)/t24-/m1/s1. The topological polar surface area (TPSA) is 131 Å². The minimum Gasteiger partial charge on any atom is -0.475 e. The number of ether oxygens (including phenoxy) is 1. The van der Waals surface area contributed by atoms with Crippen molar-refractivity contribution in [3.05, 3.63) is 65.9 Å². The molecule has 45 heavy (non-hydrogen) atoms. The van der Waals surface area contributed by atoms with Crippen LogP contribution in [0.25, 0.3) is 5.57 Å². The number of anilines is 2. The molecule has 2 aromatic heterocycles. The molecular weight excluding hydrogens is 590 g/mol. The number of amides is 1. The maximum Gasteiger partial charge on any atom is 0.264 e. The van der Waals surface area contributed by atoms with Crippen LogP contribution in [-0.4, -0.2) is 64.9 Å². The van der Waals surface area contributed by atoms with Gasteiger partial charge in [-0.15, -0.1) is 0 Å². The average Bonchev–Trinajstić information content (AvgIpc) is 3.33. The van der Waals surface area contributed by atoms with E-state index < -0.39 is 16.1 Å². The van der Waals surface area contributed by atoms with Crippen molar-refractivity contribution in [3.63, 3.8) is 0 Å². The highest BCUT2D eigenvalue weighted by Gasteiger charge is 2.33. The normalized spacial score (nSPS) is 19.5. The molecular formula is C33H43N7O4S. The minimum atomic E-state index is -4.14. The summed E-state index contributed by atoms with van der Waals surface area (Å²) in [7, 11) is -4.14. The SMILES string of the molecule is C=C(C)c1nc2nc(c1C)OC[C@@H](CC(C)(C)C)N(Cc1ncc(N3CCC(C)(C)C3)cn1)C(=O)c1cccc(c1)S(=O)(=O)N2. The van der Waals surface area contributed by atoms with Gasteiger partial charge in [-0.05, 0) is 61.3 Å². The van der Waals surface area contributed by atoms with Gasteiger partial charge in [0, 0.05) is 24.2 Å². The molecule has 1 saturated heterocycles. The van der Waals surface area contributed by atoms with Gasteiger partial charge >= 0.3 is 0 Å². The highest BCUT2D eigenvalue weighted by molar-refractivity contribution is 7.92. The molecule has 1 aromatic carbocycles. The van der Waals surface area contributed by atoms with E-state index in [1.54, 1.807) is 30.9 Å². The fourth-order valence-electron chi connectivity index (χ4n) is 5.82. The summed E-state index contributed by atoms with van der Waals surface area (Å²) in [5, 5.41) is 0. The summed E-state index contributed by atoms with van der Waals surface area (Å²) in [6.07, 6.45) is 5.30. The van der Waals surface area contributed by atoms with Crippen molar-refractivity contribution in [3.8, 4) is 5.88 Å². The molecule has 3 aromatic rings. The predicted molar refractivity (Wildman–Crippen MR) is 175 cm³/mol. The Morgan fingerprint density at radius 2 is 1.89 bits per heavy atom. The number of rotatable bonds is 5. The monoisotopic (exact) mass is 633 g/mol. The van der Waals surface area contributed by atoms with E-state index in [1.807, 2.05) is 12.4 Å². The summed E-state index contributed by atoms with van der Waals surface area (Å²) < 4.78 is 35.7. The van der Waals surface area contributed by atoms with Crippen LogP contribution in [0.3, 0.4) is 0 Å². The quantitative estimate of drug-likeness (QED) is 0.388. The van der Waals surface area contributed by atoms with E-state index in [4.69, 9.17) is 4.74 Å². The molecule has 4 heterocycles.